The molecule has 0 saturated heterocycles. The van der Waals surface area contributed by atoms with Crippen LogP contribution in [0.3, 0.4) is 0 Å². The van der Waals surface area contributed by atoms with E-state index in [9.17, 15) is 24.6 Å². The Morgan fingerprint density at radius 1 is 1.15 bits per heavy atom. The maximum absolute atomic E-state index is 13.4. The summed E-state index contributed by atoms with van der Waals surface area (Å²) in [7, 11) is 0. The topological polar surface area (TPSA) is 105 Å². The number of nitro benzene ring substituents is 1. The zero-order valence-electron chi connectivity index (χ0n) is 16.7. The monoisotopic (exact) mass is 669 g/mol. The average molecular weight is 669 g/mol. The van der Waals surface area contributed by atoms with Gasteiger partial charge >= 0.3 is 0 Å². The molecule has 0 aliphatic rings. The lowest BCUT2D eigenvalue weighted by atomic mass is 10.1. The second-order valence-corrected chi connectivity index (χ2v) is 8.99. The summed E-state index contributed by atoms with van der Waals surface area (Å²) in [5.74, 6) is -0.417. The van der Waals surface area contributed by atoms with Crippen molar-refractivity contribution >= 4 is 68.5 Å². The van der Waals surface area contributed by atoms with Gasteiger partial charge in [0.15, 0.2) is 0 Å². The first kappa shape index (κ1) is 24.6. The third kappa shape index (κ3) is 6.72. The highest BCUT2D eigenvalue weighted by molar-refractivity contribution is 14.1. The van der Waals surface area contributed by atoms with Gasteiger partial charge in [-0.2, -0.15) is 5.26 Å². The zero-order chi connectivity index (χ0) is 24.0. The molecule has 0 spiro atoms. The van der Waals surface area contributed by atoms with Gasteiger partial charge in [-0.1, -0.05) is 18.2 Å². The third-order valence-corrected chi connectivity index (χ3v) is 5.89. The van der Waals surface area contributed by atoms with Crippen LogP contribution in [0.25, 0.3) is 6.08 Å². The van der Waals surface area contributed by atoms with Gasteiger partial charge in [-0.05, 0) is 92.7 Å². The van der Waals surface area contributed by atoms with Crippen LogP contribution in [0, 0.1) is 34.4 Å². The Hall–Kier alpha value is -3.05. The normalized spacial score (nSPS) is 10.9. The van der Waals surface area contributed by atoms with E-state index in [1.807, 2.05) is 6.07 Å². The minimum Gasteiger partial charge on any atom is -0.487 e. The highest BCUT2D eigenvalue weighted by atomic mass is 127. The molecule has 0 atom stereocenters. The first-order valence-corrected chi connectivity index (χ1v) is 11.5. The lowest BCUT2D eigenvalue weighted by molar-refractivity contribution is -0.384. The zero-order valence-corrected chi connectivity index (χ0v) is 21.0. The Morgan fingerprint density at radius 3 is 2.48 bits per heavy atom. The molecule has 7 nitrogen and oxygen atoms in total. The molecule has 1 amide bonds. The molecular weight excluding hydrogens is 655 g/mol. The number of carbonyl (C=O) groups excluding carboxylic acids is 1. The Balaban J connectivity index is 1.78. The fourth-order valence-corrected chi connectivity index (χ4v) is 4.92. The summed E-state index contributed by atoms with van der Waals surface area (Å²) < 4.78 is 20.7. The fraction of sp³-hybridized carbons (Fsp3) is 0.0435. The number of hydrogen-bond donors (Lipinski definition) is 1. The molecule has 33 heavy (non-hydrogen) atoms. The maximum Gasteiger partial charge on any atom is 0.271 e. The first-order valence-electron chi connectivity index (χ1n) is 9.30. The Bertz CT molecular complexity index is 1280. The number of nitrogens with zero attached hydrogens (tertiary/aromatic N) is 2. The minimum atomic E-state index is -0.686. The van der Waals surface area contributed by atoms with Gasteiger partial charge in [0.2, 0.25) is 0 Å². The van der Waals surface area contributed by atoms with Crippen molar-refractivity contribution in [2.24, 2.45) is 0 Å². The van der Waals surface area contributed by atoms with Gasteiger partial charge in [0.05, 0.1) is 12.1 Å². The summed E-state index contributed by atoms with van der Waals surface area (Å²) in [6, 6.07) is 16.9. The predicted molar refractivity (Wildman–Crippen MR) is 138 cm³/mol. The molecule has 3 aromatic carbocycles. The van der Waals surface area contributed by atoms with E-state index in [1.54, 1.807) is 24.3 Å². The van der Waals surface area contributed by atoms with Crippen LogP contribution in [0.5, 0.6) is 5.75 Å². The SMILES string of the molecule is N#C/C(=C\c1cc(I)c(OCc2cccc(F)c2)c(I)c1)C(=O)Nc1cccc([N+](=O)[O-])c1. The van der Waals surface area contributed by atoms with E-state index >= 15 is 0 Å². The molecule has 0 unspecified atom stereocenters. The van der Waals surface area contributed by atoms with Crippen LogP contribution < -0.4 is 10.1 Å². The molecule has 0 radical (unpaired) electrons. The standard InChI is InChI=1S/C23H14FI2N3O4/c24-17-4-1-3-14(8-17)13-33-22-20(25)9-15(10-21(22)26)7-16(12-27)23(30)28-18-5-2-6-19(11-18)29(31)32/h1-11H,13H2,(H,28,30)/b16-7+. The van der Waals surface area contributed by atoms with Crippen LogP contribution in [0.4, 0.5) is 15.8 Å². The fourth-order valence-electron chi connectivity index (χ4n) is 2.79. The molecule has 0 bridgehead atoms. The van der Waals surface area contributed by atoms with E-state index in [2.05, 4.69) is 50.5 Å². The van der Waals surface area contributed by atoms with E-state index < -0.39 is 10.8 Å². The second kappa shape index (κ2) is 11.2. The molecule has 3 rings (SSSR count). The maximum atomic E-state index is 13.4. The Labute approximate surface area is 215 Å². The van der Waals surface area contributed by atoms with Crippen LogP contribution in [0.2, 0.25) is 0 Å². The summed E-state index contributed by atoms with van der Waals surface area (Å²) >= 11 is 4.17. The number of hydrogen-bond acceptors (Lipinski definition) is 5. The quantitative estimate of drug-likeness (QED) is 0.108. The summed E-state index contributed by atoms with van der Waals surface area (Å²) in [5.41, 5.74) is 1.16. The number of ether oxygens (including phenoxy) is 1. The van der Waals surface area contributed by atoms with Crippen LogP contribution in [-0.4, -0.2) is 10.8 Å². The van der Waals surface area contributed by atoms with Crippen LogP contribution >= 0.6 is 45.2 Å². The number of halogens is 3. The molecule has 3 aromatic rings. The number of carbonyl (C=O) groups is 1. The molecule has 0 aliphatic heterocycles. The lowest BCUT2D eigenvalue weighted by Crippen LogP contribution is -2.13. The van der Waals surface area contributed by atoms with Crippen molar-refractivity contribution in [3.63, 3.8) is 0 Å². The molecular formula is C23H14FI2N3O4. The van der Waals surface area contributed by atoms with Gasteiger partial charge in [0.25, 0.3) is 11.6 Å². The summed E-state index contributed by atoms with van der Waals surface area (Å²) in [6.45, 7) is 0.189. The van der Waals surface area contributed by atoms with Crippen LogP contribution in [0.1, 0.15) is 11.1 Å². The summed E-state index contributed by atoms with van der Waals surface area (Å²) in [6.07, 6.45) is 1.42. The van der Waals surface area contributed by atoms with Crippen molar-refractivity contribution in [2.75, 3.05) is 5.32 Å². The molecule has 1 N–H and O–H groups in total. The van der Waals surface area contributed by atoms with Crippen LogP contribution in [-0.2, 0) is 11.4 Å². The van der Waals surface area contributed by atoms with Crippen LogP contribution in [0.15, 0.2) is 66.2 Å². The van der Waals surface area contributed by atoms with E-state index in [4.69, 9.17) is 4.74 Å². The number of rotatable bonds is 7. The lowest BCUT2D eigenvalue weighted by Gasteiger charge is -2.12. The first-order chi connectivity index (χ1) is 15.8. The number of non-ortho nitro benzene ring substituents is 1. The minimum absolute atomic E-state index is 0.165. The van der Waals surface area contributed by atoms with Crippen molar-refractivity contribution < 1.29 is 18.8 Å². The van der Waals surface area contributed by atoms with Crippen molar-refractivity contribution in [2.45, 2.75) is 6.61 Å². The van der Waals surface area contributed by atoms with E-state index in [1.165, 1.54) is 42.5 Å². The third-order valence-electron chi connectivity index (χ3n) is 4.28. The molecule has 166 valence electrons. The molecule has 10 heteroatoms. The number of nitrogens with one attached hydrogen (secondary N) is 1. The summed E-state index contributed by atoms with van der Waals surface area (Å²) in [4.78, 5) is 22.9. The van der Waals surface area contributed by atoms with Crippen molar-refractivity contribution in [3.05, 3.63) is 100 Å². The number of amides is 1. The van der Waals surface area contributed by atoms with Gasteiger partial charge < -0.3 is 10.1 Å². The average Bonchev–Trinajstić information content (AvgIpc) is 2.77. The van der Waals surface area contributed by atoms with Gasteiger partial charge in [-0.25, -0.2) is 4.39 Å². The van der Waals surface area contributed by atoms with E-state index in [0.717, 1.165) is 7.14 Å². The van der Waals surface area contributed by atoms with Gasteiger partial charge in [-0.15, -0.1) is 0 Å². The molecule has 0 heterocycles. The second-order valence-electron chi connectivity index (χ2n) is 6.66. The van der Waals surface area contributed by atoms with Crippen molar-refractivity contribution in [1.82, 2.24) is 0 Å². The predicted octanol–water partition coefficient (Wildman–Crippen LogP) is 6.07. The van der Waals surface area contributed by atoms with Crippen molar-refractivity contribution in [1.29, 1.82) is 5.26 Å². The number of benzene rings is 3. The van der Waals surface area contributed by atoms with E-state index in [-0.39, 0.29) is 29.4 Å². The van der Waals surface area contributed by atoms with Gasteiger partial charge in [0, 0.05) is 17.8 Å². The number of anilines is 1. The van der Waals surface area contributed by atoms with Gasteiger partial charge in [-0.3, -0.25) is 14.9 Å². The smallest absolute Gasteiger partial charge is 0.271 e. The number of nitriles is 1. The van der Waals surface area contributed by atoms with E-state index in [0.29, 0.717) is 16.9 Å². The molecule has 0 saturated carbocycles. The Morgan fingerprint density at radius 2 is 1.85 bits per heavy atom. The summed E-state index contributed by atoms with van der Waals surface area (Å²) in [5, 5.41) is 22.9. The van der Waals surface area contributed by atoms with Gasteiger partial charge in [0.1, 0.15) is 29.8 Å². The highest BCUT2D eigenvalue weighted by Crippen LogP contribution is 2.30. The molecule has 0 aliphatic carbocycles. The number of nitro groups is 1. The van der Waals surface area contributed by atoms with Crippen molar-refractivity contribution in [3.8, 4) is 11.8 Å². The highest BCUT2D eigenvalue weighted by Gasteiger charge is 2.14. The molecule has 0 fully saturated rings. The molecule has 0 aromatic heterocycles. The largest absolute Gasteiger partial charge is 0.487 e. The Kier molecular flexibility index (Phi) is 8.34.